The van der Waals surface area contributed by atoms with Crippen molar-refractivity contribution < 1.29 is 19.1 Å². The van der Waals surface area contributed by atoms with Gasteiger partial charge in [0.15, 0.2) is 5.78 Å². The Morgan fingerprint density at radius 1 is 0.950 bits per heavy atom. The predicted molar refractivity (Wildman–Crippen MR) is 161 cm³/mol. The minimum Gasteiger partial charge on any atom is -0.379 e. The number of thiophene rings is 1. The fourth-order valence-corrected chi connectivity index (χ4v) is 6.00. The molecule has 2 heterocycles. The number of ether oxygens (including phenoxy) is 2. The quantitative estimate of drug-likeness (QED) is 0.166. The Kier molecular flexibility index (Phi) is 10.6. The Bertz CT molecular complexity index is 1510. The number of ketones is 1. The number of nitrogens with one attached hydrogen (secondary N) is 1. The number of nitrogens with zero attached hydrogens (tertiary/aromatic N) is 2. The van der Waals surface area contributed by atoms with Crippen LogP contribution in [-0.2, 0) is 22.6 Å². The maximum atomic E-state index is 14.1. The lowest BCUT2D eigenvalue weighted by Gasteiger charge is -2.18. The first-order valence-corrected chi connectivity index (χ1v) is 14.6. The first-order chi connectivity index (χ1) is 19.5. The summed E-state index contributed by atoms with van der Waals surface area (Å²) in [4.78, 5) is 43.4. The number of hydrogen-bond donors (Lipinski definition) is 1. The van der Waals surface area contributed by atoms with Gasteiger partial charge in [-0.15, -0.1) is 11.3 Å². The monoisotopic (exact) mass is 563 g/mol. The molecule has 1 N–H and O–H groups in total. The van der Waals surface area contributed by atoms with Crippen molar-refractivity contribution in [2.45, 2.75) is 33.9 Å². The number of para-hydroxylation sites is 1. The van der Waals surface area contributed by atoms with Gasteiger partial charge in [0.2, 0.25) is 0 Å². The summed E-state index contributed by atoms with van der Waals surface area (Å²) >= 11 is 1.30. The van der Waals surface area contributed by atoms with Crippen LogP contribution in [-0.4, -0.2) is 67.2 Å². The molecule has 0 aliphatic heterocycles. The molecule has 212 valence electrons. The molecule has 0 saturated heterocycles. The third kappa shape index (κ3) is 6.67. The van der Waals surface area contributed by atoms with Crippen molar-refractivity contribution in [2.75, 3.05) is 46.0 Å². The van der Waals surface area contributed by atoms with E-state index in [0.717, 1.165) is 29.7 Å². The number of benzene rings is 2. The molecular formula is C31H37N3O5S. The first kappa shape index (κ1) is 29.6. The fraction of sp³-hybridized carbons (Fsp3) is 0.387. The van der Waals surface area contributed by atoms with Crippen molar-refractivity contribution in [2.24, 2.45) is 0 Å². The molecule has 2 aromatic heterocycles. The van der Waals surface area contributed by atoms with Crippen LogP contribution in [0.15, 0.2) is 59.4 Å². The van der Waals surface area contributed by atoms with E-state index in [1.54, 1.807) is 24.3 Å². The maximum absolute atomic E-state index is 14.1. The number of likely N-dealkylation sites (N-methyl/N-ethyl adjacent to an activating group) is 1. The normalized spacial score (nSPS) is 11.5. The van der Waals surface area contributed by atoms with E-state index in [4.69, 9.17) is 9.47 Å². The first-order valence-electron chi connectivity index (χ1n) is 13.8. The van der Waals surface area contributed by atoms with Crippen LogP contribution < -0.4 is 10.9 Å². The lowest BCUT2D eigenvalue weighted by Crippen LogP contribution is -2.34. The van der Waals surface area contributed by atoms with Crippen molar-refractivity contribution in [3.63, 3.8) is 0 Å². The van der Waals surface area contributed by atoms with E-state index in [-0.39, 0.29) is 30.4 Å². The highest BCUT2D eigenvalue weighted by atomic mass is 32.1. The van der Waals surface area contributed by atoms with Gasteiger partial charge in [0.25, 0.3) is 11.5 Å². The summed E-state index contributed by atoms with van der Waals surface area (Å²) in [5.41, 5.74) is 1.44. The second-order valence-electron chi connectivity index (χ2n) is 9.34. The topological polar surface area (TPSA) is 89.9 Å². The number of amides is 1. The summed E-state index contributed by atoms with van der Waals surface area (Å²) in [7, 11) is 0. The minimum absolute atomic E-state index is 0.0894. The molecule has 40 heavy (non-hydrogen) atoms. The van der Waals surface area contributed by atoms with Crippen molar-refractivity contribution >= 4 is 44.0 Å². The summed E-state index contributed by atoms with van der Waals surface area (Å²) in [6.07, 6.45) is 0. The number of pyridine rings is 1. The molecule has 4 rings (SSSR count). The third-order valence-corrected chi connectivity index (χ3v) is 8.20. The Morgan fingerprint density at radius 2 is 1.65 bits per heavy atom. The van der Waals surface area contributed by atoms with E-state index in [1.165, 1.54) is 15.9 Å². The molecule has 0 spiro atoms. The van der Waals surface area contributed by atoms with Crippen LogP contribution in [0, 0.1) is 0 Å². The molecule has 0 radical (unpaired) electrons. The molecule has 0 atom stereocenters. The van der Waals surface area contributed by atoms with Crippen LogP contribution in [0.5, 0.6) is 0 Å². The summed E-state index contributed by atoms with van der Waals surface area (Å²) in [5.74, 6) is -0.390. The maximum Gasteiger partial charge on any atom is 0.261 e. The van der Waals surface area contributed by atoms with Gasteiger partial charge in [0.05, 0.1) is 46.8 Å². The fourth-order valence-electron chi connectivity index (χ4n) is 4.75. The van der Waals surface area contributed by atoms with E-state index in [1.807, 2.05) is 37.3 Å². The Hall–Kier alpha value is -3.37. The zero-order valence-electron chi connectivity index (χ0n) is 23.4. The van der Waals surface area contributed by atoms with Gasteiger partial charge in [0.1, 0.15) is 0 Å². The lowest BCUT2D eigenvalue weighted by molar-refractivity contribution is 0.0454. The average Bonchev–Trinajstić information content (AvgIpc) is 3.37. The van der Waals surface area contributed by atoms with Gasteiger partial charge >= 0.3 is 0 Å². The van der Waals surface area contributed by atoms with Crippen LogP contribution in [0.25, 0.3) is 21.0 Å². The van der Waals surface area contributed by atoms with Gasteiger partial charge in [-0.05, 0) is 26.1 Å². The highest BCUT2D eigenvalue weighted by Gasteiger charge is 2.25. The van der Waals surface area contributed by atoms with E-state index < -0.39 is 0 Å². The van der Waals surface area contributed by atoms with Gasteiger partial charge in [-0.1, -0.05) is 62.4 Å². The summed E-state index contributed by atoms with van der Waals surface area (Å²) < 4.78 is 13.5. The molecular weight excluding hydrogens is 526 g/mol. The van der Waals surface area contributed by atoms with Gasteiger partial charge < -0.3 is 19.7 Å². The second-order valence-corrected chi connectivity index (χ2v) is 10.4. The number of carbonyl (C=O) groups excluding carboxylic acids is 2. The van der Waals surface area contributed by atoms with E-state index in [9.17, 15) is 14.4 Å². The highest BCUT2D eigenvalue weighted by Crippen LogP contribution is 2.35. The van der Waals surface area contributed by atoms with Crippen molar-refractivity contribution in [3.8, 4) is 0 Å². The molecule has 0 saturated carbocycles. The molecule has 2 aromatic carbocycles. The van der Waals surface area contributed by atoms with Crippen LogP contribution in [0.4, 0.5) is 0 Å². The number of Topliss-reactive ketones (excluding diaryl/α,β-unsaturated/α-hetero) is 1. The van der Waals surface area contributed by atoms with Crippen LogP contribution in [0.1, 0.15) is 46.4 Å². The van der Waals surface area contributed by atoms with Crippen molar-refractivity contribution in [3.05, 3.63) is 81.0 Å². The van der Waals surface area contributed by atoms with E-state index in [2.05, 4.69) is 24.1 Å². The number of fused-ring (bicyclic) bond motifs is 3. The number of carbonyl (C=O) groups is 2. The van der Waals surface area contributed by atoms with Crippen molar-refractivity contribution in [1.29, 1.82) is 0 Å². The molecule has 0 bridgehead atoms. The molecule has 0 unspecified atom stereocenters. The third-order valence-electron chi connectivity index (χ3n) is 6.94. The Morgan fingerprint density at radius 3 is 2.38 bits per heavy atom. The number of rotatable bonds is 15. The largest absolute Gasteiger partial charge is 0.379 e. The van der Waals surface area contributed by atoms with E-state index in [0.29, 0.717) is 53.3 Å². The highest BCUT2D eigenvalue weighted by molar-refractivity contribution is 7.22. The molecule has 0 aliphatic carbocycles. The zero-order valence-corrected chi connectivity index (χ0v) is 24.2. The molecule has 9 heteroatoms. The van der Waals surface area contributed by atoms with Crippen LogP contribution in [0.3, 0.4) is 0 Å². The van der Waals surface area contributed by atoms with Crippen molar-refractivity contribution in [1.82, 2.24) is 14.8 Å². The lowest BCUT2D eigenvalue weighted by atomic mass is 10.1. The second kappa shape index (κ2) is 14.3. The molecule has 0 fully saturated rings. The summed E-state index contributed by atoms with van der Waals surface area (Å²) in [6.45, 7) is 10.5. The van der Waals surface area contributed by atoms with Gasteiger partial charge in [0, 0.05) is 36.2 Å². The molecule has 8 nitrogen and oxygen atoms in total. The molecule has 1 amide bonds. The minimum atomic E-state index is -0.306. The Balaban J connectivity index is 1.78. The smallest absolute Gasteiger partial charge is 0.261 e. The standard InChI is InChI=1S/C31H37N3O5S/c1-4-33(5-2)17-16-32-30(36)29-24(21-39-19-18-38-6-3)27-28(40-29)23-14-10-11-15-25(23)34(31(27)37)20-26(35)22-12-8-7-9-13-22/h7-15H,4-6,16-21H2,1-3H3,(H,32,36). The van der Waals surface area contributed by atoms with Gasteiger partial charge in [-0.2, -0.15) is 0 Å². The van der Waals surface area contributed by atoms with Gasteiger partial charge in [-0.3, -0.25) is 19.0 Å². The SMILES string of the molecule is CCOCCOCc1c(C(=O)NCCN(CC)CC)sc2c1c(=O)n(CC(=O)c1ccccc1)c1ccccc21. The zero-order chi connectivity index (χ0) is 28.5. The van der Waals surface area contributed by atoms with Gasteiger partial charge in [-0.25, -0.2) is 0 Å². The Labute approximate surface area is 238 Å². The average molecular weight is 564 g/mol. The van der Waals surface area contributed by atoms with Crippen LogP contribution in [0.2, 0.25) is 0 Å². The summed E-state index contributed by atoms with van der Waals surface area (Å²) in [6, 6.07) is 16.5. The predicted octanol–water partition coefficient (Wildman–Crippen LogP) is 4.72. The van der Waals surface area contributed by atoms with Crippen LogP contribution >= 0.6 is 11.3 Å². The van der Waals surface area contributed by atoms with E-state index >= 15 is 0 Å². The number of aromatic nitrogens is 1. The number of hydrogen-bond acceptors (Lipinski definition) is 7. The summed E-state index contributed by atoms with van der Waals surface area (Å²) in [5, 5.41) is 4.28. The molecule has 0 aliphatic rings. The molecule has 4 aromatic rings.